The molecule has 0 atom stereocenters. The average molecular weight is 333 g/mol. The van der Waals surface area contributed by atoms with Crippen molar-refractivity contribution in [3.8, 4) is 11.3 Å². The largest absolute Gasteiger partial charge is 0.368 e. The topological polar surface area (TPSA) is 85.0 Å². The van der Waals surface area contributed by atoms with Crippen molar-refractivity contribution < 1.29 is 4.79 Å². The third-order valence-corrected chi connectivity index (χ3v) is 4.51. The maximum atomic E-state index is 11.9. The number of fused-ring (bicyclic) bond motifs is 1. The van der Waals surface area contributed by atoms with Gasteiger partial charge in [0.2, 0.25) is 11.9 Å². The molecule has 4 rings (SSSR count). The van der Waals surface area contributed by atoms with Gasteiger partial charge in [-0.25, -0.2) is 15.0 Å². The van der Waals surface area contributed by atoms with Gasteiger partial charge in [0.15, 0.2) is 0 Å². The Labute approximate surface area is 145 Å². The molecule has 3 aromatic rings. The fraction of sp³-hybridized carbons (Fsp3) is 0.263. The summed E-state index contributed by atoms with van der Waals surface area (Å²) in [6.07, 6.45) is 2.31. The standard InChI is InChI=1S/C19H19N5O/c1-2-14-18-16(23-19(20)22-14)10-9-15(21-18)12-5-7-13(8-6-12)24-11-3-4-17(24)25/h5-10H,2-4,11H2,1H3,(H2,20,22,23). The molecule has 0 unspecified atom stereocenters. The lowest BCUT2D eigenvalue weighted by Gasteiger charge is -2.16. The van der Waals surface area contributed by atoms with Crippen LogP contribution in [0.25, 0.3) is 22.3 Å². The Hall–Kier alpha value is -3.02. The molecular formula is C19H19N5O. The molecule has 6 nitrogen and oxygen atoms in total. The van der Waals surface area contributed by atoms with Crippen molar-refractivity contribution in [2.75, 3.05) is 17.2 Å². The number of aromatic nitrogens is 3. The maximum absolute atomic E-state index is 11.9. The molecule has 0 radical (unpaired) electrons. The van der Waals surface area contributed by atoms with Crippen molar-refractivity contribution in [2.24, 2.45) is 0 Å². The van der Waals surface area contributed by atoms with Gasteiger partial charge in [-0.1, -0.05) is 19.1 Å². The second-order valence-electron chi connectivity index (χ2n) is 6.14. The number of benzene rings is 1. The molecule has 0 spiro atoms. The second-order valence-corrected chi connectivity index (χ2v) is 6.14. The molecule has 2 aromatic heterocycles. The number of carbonyl (C=O) groups excluding carboxylic acids is 1. The van der Waals surface area contributed by atoms with Gasteiger partial charge in [0.1, 0.15) is 5.52 Å². The van der Waals surface area contributed by atoms with Gasteiger partial charge in [0, 0.05) is 24.2 Å². The van der Waals surface area contributed by atoms with Gasteiger partial charge in [0.05, 0.1) is 16.9 Å². The molecule has 2 N–H and O–H groups in total. The van der Waals surface area contributed by atoms with Crippen molar-refractivity contribution in [2.45, 2.75) is 26.2 Å². The lowest BCUT2D eigenvalue weighted by molar-refractivity contribution is -0.117. The van der Waals surface area contributed by atoms with E-state index in [-0.39, 0.29) is 11.9 Å². The van der Waals surface area contributed by atoms with E-state index in [1.165, 1.54) is 0 Å². The molecule has 0 saturated carbocycles. The van der Waals surface area contributed by atoms with E-state index in [1.807, 2.05) is 48.2 Å². The fourth-order valence-electron chi connectivity index (χ4n) is 3.23. The van der Waals surface area contributed by atoms with Crippen LogP contribution in [-0.2, 0) is 11.2 Å². The van der Waals surface area contributed by atoms with Gasteiger partial charge in [-0.15, -0.1) is 0 Å². The Kier molecular flexibility index (Phi) is 3.80. The van der Waals surface area contributed by atoms with Crippen LogP contribution < -0.4 is 10.6 Å². The van der Waals surface area contributed by atoms with E-state index in [0.717, 1.165) is 53.1 Å². The Morgan fingerprint density at radius 2 is 1.88 bits per heavy atom. The normalized spacial score (nSPS) is 14.4. The van der Waals surface area contributed by atoms with Crippen LogP contribution in [0.1, 0.15) is 25.5 Å². The zero-order valence-corrected chi connectivity index (χ0v) is 14.1. The first-order chi connectivity index (χ1) is 12.2. The van der Waals surface area contributed by atoms with Crippen LogP contribution in [0, 0.1) is 0 Å². The first-order valence-electron chi connectivity index (χ1n) is 8.49. The number of rotatable bonds is 3. The lowest BCUT2D eigenvalue weighted by Crippen LogP contribution is -2.23. The SMILES string of the molecule is CCc1nc(N)nc2ccc(-c3ccc(N4CCCC4=O)cc3)nc12. The minimum atomic E-state index is 0.193. The quantitative estimate of drug-likeness (QED) is 0.796. The number of nitrogen functional groups attached to an aromatic ring is 1. The highest BCUT2D eigenvalue weighted by molar-refractivity contribution is 5.95. The van der Waals surface area contributed by atoms with Gasteiger partial charge in [-0.2, -0.15) is 0 Å². The van der Waals surface area contributed by atoms with Gasteiger partial charge >= 0.3 is 0 Å². The van der Waals surface area contributed by atoms with Gasteiger partial charge in [-0.05, 0) is 37.1 Å². The smallest absolute Gasteiger partial charge is 0.227 e. The first-order valence-corrected chi connectivity index (χ1v) is 8.49. The molecule has 0 aliphatic carbocycles. The fourth-order valence-corrected chi connectivity index (χ4v) is 3.23. The number of hydrogen-bond donors (Lipinski definition) is 1. The summed E-state index contributed by atoms with van der Waals surface area (Å²) in [5, 5.41) is 0. The Balaban J connectivity index is 1.72. The molecule has 126 valence electrons. The molecule has 25 heavy (non-hydrogen) atoms. The zero-order valence-electron chi connectivity index (χ0n) is 14.1. The summed E-state index contributed by atoms with van der Waals surface area (Å²) in [5.41, 5.74) is 10.9. The Morgan fingerprint density at radius 1 is 1.08 bits per heavy atom. The van der Waals surface area contributed by atoms with Crippen LogP contribution >= 0.6 is 0 Å². The van der Waals surface area contributed by atoms with E-state index in [1.54, 1.807) is 0 Å². The number of hydrogen-bond acceptors (Lipinski definition) is 5. The van der Waals surface area contributed by atoms with Crippen LogP contribution in [0.2, 0.25) is 0 Å². The number of amides is 1. The summed E-state index contributed by atoms with van der Waals surface area (Å²) in [5.74, 6) is 0.470. The molecule has 1 aromatic carbocycles. The van der Waals surface area contributed by atoms with Crippen molar-refractivity contribution >= 4 is 28.6 Å². The molecule has 0 bridgehead atoms. The minimum absolute atomic E-state index is 0.193. The Bertz CT molecular complexity index is 952. The lowest BCUT2D eigenvalue weighted by atomic mass is 10.1. The van der Waals surface area contributed by atoms with Gasteiger partial charge in [0.25, 0.3) is 0 Å². The van der Waals surface area contributed by atoms with E-state index in [9.17, 15) is 4.79 Å². The van der Waals surface area contributed by atoms with E-state index in [4.69, 9.17) is 10.7 Å². The number of carbonyl (C=O) groups is 1. The monoisotopic (exact) mass is 333 g/mol. The third kappa shape index (κ3) is 2.80. The predicted octanol–water partition coefficient (Wildman–Crippen LogP) is 2.96. The molecule has 1 aliphatic rings. The third-order valence-electron chi connectivity index (χ3n) is 4.51. The van der Waals surface area contributed by atoms with Crippen molar-refractivity contribution in [1.82, 2.24) is 15.0 Å². The number of anilines is 2. The Morgan fingerprint density at radius 3 is 2.56 bits per heavy atom. The molecule has 1 amide bonds. The molecule has 1 fully saturated rings. The zero-order chi connectivity index (χ0) is 17.4. The van der Waals surface area contributed by atoms with Crippen LogP contribution in [0.3, 0.4) is 0 Å². The van der Waals surface area contributed by atoms with Gasteiger partial charge in [-0.3, -0.25) is 4.79 Å². The highest BCUT2D eigenvalue weighted by Crippen LogP contribution is 2.26. The number of aryl methyl sites for hydroxylation is 1. The van der Waals surface area contributed by atoms with Crippen LogP contribution in [0.4, 0.5) is 11.6 Å². The summed E-state index contributed by atoms with van der Waals surface area (Å²) >= 11 is 0. The molecule has 1 aliphatic heterocycles. The molecule has 6 heteroatoms. The highest BCUT2D eigenvalue weighted by atomic mass is 16.2. The van der Waals surface area contributed by atoms with E-state index < -0.39 is 0 Å². The average Bonchev–Trinajstić information content (AvgIpc) is 3.06. The highest BCUT2D eigenvalue weighted by Gasteiger charge is 2.21. The summed E-state index contributed by atoms with van der Waals surface area (Å²) in [4.78, 5) is 27.0. The van der Waals surface area contributed by atoms with Crippen molar-refractivity contribution in [1.29, 1.82) is 0 Å². The minimum Gasteiger partial charge on any atom is -0.368 e. The number of nitrogens with two attached hydrogens (primary N) is 1. The molecule has 3 heterocycles. The van der Waals surface area contributed by atoms with E-state index in [0.29, 0.717) is 6.42 Å². The van der Waals surface area contributed by atoms with Gasteiger partial charge < -0.3 is 10.6 Å². The summed E-state index contributed by atoms with van der Waals surface area (Å²) in [7, 11) is 0. The van der Waals surface area contributed by atoms with Crippen molar-refractivity contribution in [3.63, 3.8) is 0 Å². The summed E-state index contributed by atoms with van der Waals surface area (Å²) < 4.78 is 0. The predicted molar refractivity (Wildman–Crippen MR) is 98.1 cm³/mol. The van der Waals surface area contributed by atoms with Crippen LogP contribution in [0.5, 0.6) is 0 Å². The second kappa shape index (κ2) is 6.12. The number of pyridine rings is 1. The van der Waals surface area contributed by atoms with E-state index in [2.05, 4.69) is 9.97 Å². The summed E-state index contributed by atoms with van der Waals surface area (Å²) in [6, 6.07) is 11.8. The van der Waals surface area contributed by atoms with Crippen molar-refractivity contribution in [3.05, 3.63) is 42.1 Å². The first kappa shape index (κ1) is 15.5. The van der Waals surface area contributed by atoms with Crippen LogP contribution in [-0.4, -0.2) is 27.4 Å². The molecular weight excluding hydrogens is 314 g/mol. The van der Waals surface area contributed by atoms with E-state index >= 15 is 0 Å². The maximum Gasteiger partial charge on any atom is 0.227 e. The molecule has 1 saturated heterocycles. The van der Waals surface area contributed by atoms with Crippen LogP contribution in [0.15, 0.2) is 36.4 Å². The summed E-state index contributed by atoms with van der Waals surface area (Å²) in [6.45, 7) is 2.82. The number of nitrogens with zero attached hydrogens (tertiary/aromatic N) is 4.